The third-order valence-corrected chi connectivity index (χ3v) is 2.65. The number of nitrogens with two attached hydrogens (primary N) is 1. The van der Waals surface area contributed by atoms with Crippen LogP contribution in [0.2, 0.25) is 0 Å². The monoisotopic (exact) mass is 279 g/mol. The predicted octanol–water partition coefficient (Wildman–Crippen LogP) is -0.189. The number of carboxylic acids is 1. The van der Waals surface area contributed by atoms with Crippen LogP contribution < -0.4 is 16.0 Å². The van der Waals surface area contributed by atoms with Crippen LogP contribution in [0.3, 0.4) is 0 Å². The molecule has 2 amide bonds. The first-order valence-electron chi connectivity index (χ1n) is 5.90. The molecule has 0 saturated carbocycles. The van der Waals surface area contributed by atoms with Gasteiger partial charge in [0, 0.05) is 25.3 Å². The average Bonchev–Trinajstić information content (AvgIpc) is 2.37. The van der Waals surface area contributed by atoms with Gasteiger partial charge in [0.1, 0.15) is 6.04 Å². The molecule has 108 valence electrons. The van der Waals surface area contributed by atoms with Crippen LogP contribution in [0, 0.1) is 0 Å². The van der Waals surface area contributed by atoms with E-state index in [0.29, 0.717) is 5.56 Å². The van der Waals surface area contributed by atoms with Gasteiger partial charge >= 0.3 is 5.97 Å². The summed E-state index contributed by atoms with van der Waals surface area (Å²) in [6.07, 6.45) is -0.448. The molecule has 4 N–H and O–H groups in total. The van der Waals surface area contributed by atoms with Gasteiger partial charge in [0.05, 0.1) is 6.42 Å². The Morgan fingerprint density at radius 1 is 1.25 bits per heavy atom. The van der Waals surface area contributed by atoms with Crippen LogP contribution in [0.1, 0.15) is 16.8 Å². The topological polar surface area (TPSA) is 113 Å². The van der Waals surface area contributed by atoms with E-state index in [1.807, 2.05) is 19.0 Å². The maximum absolute atomic E-state index is 11.9. The third kappa shape index (κ3) is 4.27. The number of nitrogens with zero attached hydrogens (tertiary/aromatic N) is 1. The normalized spacial score (nSPS) is 11.5. The Morgan fingerprint density at radius 3 is 2.20 bits per heavy atom. The van der Waals surface area contributed by atoms with Crippen LogP contribution >= 0.6 is 0 Å². The van der Waals surface area contributed by atoms with Gasteiger partial charge in [-0.15, -0.1) is 0 Å². The minimum Gasteiger partial charge on any atom is -0.480 e. The summed E-state index contributed by atoms with van der Waals surface area (Å²) in [5.74, 6) is -2.66. The summed E-state index contributed by atoms with van der Waals surface area (Å²) >= 11 is 0. The highest BCUT2D eigenvalue weighted by molar-refractivity contribution is 5.97. The molecule has 20 heavy (non-hydrogen) atoms. The van der Waals surface area contributed by atoms with Crippen molar-refractivity contribution in [2.75, 3.05) is 19.0 Å². The van der Waals surface area contributed by atoms with E-state index in [-0.39, 0.29) is 0 Å². The highest BCUT2D eigenvalue weighted by atomic mass is 16.4. The van der Waals surface area contributed by atoms with E-state index in [1.54, 1.807) is 24.3 Å². The molecular weight excluding hydrogens is 262 g/mol. The van der Waals surface area contributed by atoms with Crippen molar-refractivity contribution in [2.45, 2.75) is 12.5 Å². The number of carboxylic acid groups (broad SMARTS) is 1. The van der Waals surface area contributed by atoms with Crippen molar-refractivity contribution in [2.24, 2.45) is 5.73 Å². The minimum atomic E-state index is -1.33. The second-order valence-electron chi connectivity index (χ2n) is 4.48. The van der Waals surface area contributed by atoms with Gasteiger partial charge < -0.3 is 21.1 Å². The lowest BCUT2D eigenvalue weighted by molar-refractivity contribution is -0.140. The third-order valence-electron chi connectivity index (χ3n) is 2.65. The number of primary amides is 1. The first kappa shape index (κ1) is 15.5. The molecule has 0 radical (unpaired) electrons. The largest absolute Gasteiger partial charge is 0.480 e. The molecule has 0 aliphatic heterocycles. The van der Waals surface area contributed by atoms with E-state index in [0.717, 1.165) is 5.69 Å². The number of hydrogen-bond acceptors (Lipinski definition) is 4. The van der Waals surface area contributed by atoms with Crippen LogP contribution in [0.4, 0.5) is 5.69 Å². The lowest BCUT2D eigenvalue weighted by Crippen LogP contribution is -2.43. The zero-order chi connectivity index (χ0) is 15.3. The second-order valence-corrected chi connectivity index (χ2v) is 4.48. The maximum atomic E-state index is 11.9. The zero-order valence-corrected chi connectivity index (χ0v) is 11.3. The van der Waals surface area contributed by atoms with E-state index < -0.39 is 30.2 Å². The van der Waals surface area contributed by atoms with Crippen molar-refractivity contribution >= 4 is 23.5 Å². The number of carbonyl (C=O) groups excluding carboxylic acids is 2. The summed E-state index contributed by atoms with van der Waals surface area (Å²) in [6.45, 7) is 0. The van der Waals surface area contributed by atoms with Gasteiger partial charge in [-0.2, -0.15) is 0 Å². The van der Waals surface area contributed by atoms with Crippen molar-refractivity contribution in [3.05, 3.63) is 29.8 Å². The lowest BCUT2D eigenvalue weighted by Gasteiger charge is -2.14. The Balaban J connectivity index is 2.78. The van der Waals surface area contributed by atoms with Gasteiger partial charge in [-0.3, -0.25) is 9.59 Å². The van der Waals surface area contributed by atoms with E-state index in [2.05, 4.69) is 5.32 Å². The molecule has 0 aliphatic carbocycles. The molecule has 7 nitrogen and oxygen atoms in total. The molecule has 1 rings (SSSR count). The van der Waals surface area contributed by atoms with Crippen LogP contribution in [0.5, 0.6) is 0 Å². The maximum Gasteiger partial charge on any atom is 0.326 e. The molecular formula is C13H17N3O4. The fraction of sp³-hybridized carbons (Fsp3) is 0.308. The van der Waals surface area contributed by atoms with Crippen LogP contribution in [0.25, 0.3) is 0 Å². The number of carbonyl (C=O) groups is 3. The molecule has 0 saturated heterocycles. The summed E-state index contributed by atoms with van der Waals surface area (Å²) in [4.78, 5) is 35.4. The molecule has 1 aromatic rings. The SMILES string of the molecule is CN(C)c1ccc(C(=O)N[C@@H](CC(N)=O)C(=O)O)cc1. The number of aliphatic carboxylic acids is 1. The molecule has 1 aromatic carbocycles. The van der Waals surface area contributed by atoms with Gasteiger partial charge in [-0.25, -0.2) is 4.79 Å². The van der Waals surface area contributed by atoms with Gasteiger partial charge in [0.25, 0.3) is 5.91 Å². The van der Waals surface area contributed by atoms with Gasteiger partial charge in [0.15, 0.2) is 0 Å². The molecule has 0 spiro atoms. The zero-order valence-electron chi connectivity index (χ0n) is 11.3. The lowest BCUT2D eigenvalue weighted by atomic mass is 10.1. The smallest absolute Gasteiger partial charge is 0.326 e. The molecule has 0 unspecified atom stereocenters. The van der Waals surface area contributed by atoms with E-state index in [9.17, 15) is 14.4 Å². The Hall–Kier alpha value is -2.57. The quantitative estimate of drug-likeness (QED) is 0.668. The van der Waals surface area contributed by atoms with Gasteiger partial charge in [-0.05, 0) is 24.3 Å². The summed E-state index contributed by atoms with van der Waals surface area (Å²) < 4.78 is 0. The Morgan fingerprint density at radius 2 is 1.80 bits per heavy atom. The molecule has 0 heterocycles. The van der Waals surface area contributed by atoms with E-state index >= 15 is 0 Å². The molecule has 0 fully saturated rings. The first-order valence-corrected chi connectivity index (χ1v) is 5.90. The van der Waals surface area contributed by atoms with E-state index in [4.69, 9.17) is 10.8 Å². The average molecular weight is 279 g/mol. The van der Waals surface area contributed by atoms with Crippen LogP contribution in [-0.4, -0.2) is 43.0 Å². The van der Waals surface area contributed by atoms with Crippen LogP contribution in [0.15, 0.2) is 24.3 Å². The second kappa shape index (κ2) is 6.55. The summed E-state index contributed by atoms with van der Waals surface area (Å²) in [5.41, 5.74) is 6.16. The number of nitrogens with one attached hydrogen (secondary N) is 1. The Bertz CT molecular complexity index is 511. The summed E-state index contributed by atoms with van der Waals surface area (Å²) in [7, 11) is 3.73. The summed E-state index contributed by atoms with van der Waals surface area (Å²) in [5, 5.41) is 11.2. The molecule has 7 heteroatoms. The highest BCUT2D eigenvalue weighted by Crippen LogP contribution is 2.12. The van der Waals surface area contributed by atoms with Crippen molar-refractivity contribution in [1.82, 2.24) is 5.32 Å². The molecule has 1 atom stereocenters. The number of rotatable bonds is 6. The predicted molar refractivity (Wildman–Crippen MR) is 73.5 cm³/mol. The van der Waals surface area contributed by atoms with Crippen molar-refractivity contribution in [3.63, 3.8) is 0 Å². The molecule has 0 aromatic heterocycles. The van der Waals surface area contributed by atoms with Crippen LogP contribution in [-0.2, 0) is 9.59 Å². The van der Waals surface area contributed by atoms with E-state index in [1.165, 1.54) is 0 Å². The van der Waals surface area contributed by atoms with Gasteiger partial charge in [-0.1, -0.05) is 0 Å². The minimum absolute atomic E-state index is 0.311. The highest BCUT2D eigenvalue weighted by Gasteiger charge is 2.22. The van der Waals surface area contributed by atoms with Crippen molar-refractivity contribution < 1.29 is 19.5 Å². The molecule has 0 aliphatic rings. The number of benzene rings is 1. The van der Waals surface area contributed by atoms with Crippen molar-refractivity contribution in [1.29, 1.82) is 0 Å². The Kier molecular flexibility index (Phi) is 5.08. The Labute approximate surface area is 116 Å². The fourth-order valence-corrected chi connectivity index (χ4v) is 1.55. The van der Waals surface area contributed by atoms with Gasteiger partial charge in [0.2, 0.25) is 5.91 Å². The number of amides is 2. The van der Waals surface area contributed by atoms with Crippen molar-refractivity contribution in [3.8, 4) is 0 Å². The number of anilines is 1. The number of hydrogen-bond donors (Lipinski definition) is 3. The standard InChI is InChI=1S/C13H17N3O4/c1-16(2)9-5-3-8(4-6-9)12(18)15-10(13(19)20)7-11(14)17/h3-6,10H,7H2,1-2H3,(H2,14,17)(H,15,18)(H,19,20)/t10-/m0/s1. The first-order chi connectivity index (χ1) is 9.31. The molecule has 0 bridgehead atoms. The summed E-state index contributed by atoms with van der Waals surface area (Å²) in [6, 6.07) is 5.30. The fourth-order valence-electron chi connectivity index (χ4n) is 1.55.